The van der Waals surface area contributed by atoms with Crippen LogP contribution in [-0.4, -0.2) is 24.6 Å². The third-order valence-electron chi connectivity index (χ3n) is 5.06. The highest BCUT2D eigenvalue weighted by molar-refractivity contribution is 7.17. The number of rotatable bonds is 6. The van der Waals surface area contributed by atoms with Crippen LogP contribution in [0.5, 0.6) is 5.75 Å². The second kappa shape index (κ2) is 8.88. The molecule has 0 unspecified atom stereocenters. The zero-order valence-electron chi connectivity index (χ0n) is 17.2. The normalized spacial score (nSPS) is 13.2. The maximum Gasteiger partial charge on any atom is 0.341 e. The van der Waals surface area contributed by atoms with Crippen molar-refractivity contribution in [3.8, 4) is 5.75 Å². The minimum atomic E-state index is -0.366. The van der Waals surface area contributed by atoms with E-state index in [1.165, 1.54) is 16.2 Å². The van der Waals surface area contributed by atoms with E-state index in [4.69, 9.17) is 9.47 Å². The Morgan fingerprint density at radius 2 is 1.83 bits per heavy atom. The molecule has 1 aromatic heterocycles. The number of anilines is 1. The van der Waals surface area contributed by atoms with Gasteiger partial charge in [-0.2, -0.15) is 0 Å². The third-order valence-corrected chi connectivity index (χ3v) is 6.27. The Kier molecular flexibility index (Phi) is 6.04. The number of thiophene rings is 1. The first-order valence-electron chi connectivity index (χ1n) is 10.3. The summed E-state index contributed by atoms with van der Waals surface area (Å²) < 4.78 is 11.1. The fourth-order valence-corrected chi connectivity index (χ4v) is 5.01. The molecule has 4 rings (SSSR count). The molecule has 30 heavy (non-hydrogen) atoms. The molecule has 0 saturated heterocycles. The summed E-state index contributed by atoms with van der Waals surface area (Å²) in [4.78, 5) is 26.4. The molecule has 0 radical (unpaired) electrons. The quantitative estimate of drug-likeness (QED) is 0.542. The number of aryl methyl sites for hydroxylation is 1. The largest absolute Gasteiger partial charge is 0.484 e. The predicted molar refractivity (Wildman–Crippen MR) is 120 cm³/mol. The van der Waals surface area contributed by atoms with E-state index in [9.17, 15) is 9.59 Å². The predicted octanol–water partition coefficient (Wildman–Crippen LogP) is 5.36. The molecule has 6 heteroatoms. The highest BCUT2D eigenvalue weighted by Crippen LogP contribution is 2.38. The van der Waals surface area contributed by atoms with Crippen molar-refractivity contribution in [1.29, 1.82) is 0 Å². The molecule has 1 N–H and O–H groups in total. The molecule has 1 aliphatic rings. The van der Waals surface area contributed by atoms with Gasteiger partial charge in [0.1, 0.15) is 10.8 Å². The van der Waals surface area contributed by atoms with Gasteiger partial charge in [0, 0.05) is 4.88 Å². The molecule has 0 saturated carbocycles. The molecule has 1 aliphatic carbocycles. The van der Waals surface area contributed by atoms with Gasteiger partial charge in [-0.15, -0.1) is 11.3 Å². The molecule has 0 aliphatic heterocycles. The van der Waals surface area contributed by atoms with Crippen LogP contribution in [0.3, 0.4) is 0 Å². The van der Waals surface area contributed by atoms with Crippen molar-refractivity contribution in [1.82, 2.24) is 0 Å². The summed E-state index contributed by atoms with van der Waals surface area (Å²) in [7, 11) is 0. The Hall–Kier alpha value is -2.86. The number of fused-ring (bicyclic) bond motifs is 2. The van der Waals surface area contributed by atoms with Gasteiger partial charge in [0.05, 0.1) is 11.7 Å². The van der Waals surface area contributed by atoms with Gasteiger partial charge in [-0.3, -0.25) is 4.79 Å². The summed E-state index contributed by atoms with van der Waals surface area (Å²) in [5.74, 6) is -0.0238. The van der Waals surface area contributed by atoms with Crippen molar-refractivity contribution in [2.45, 2.75) is 45.6 Å². The van der Waals surface area contributed by atoms with E-state index < -0.39 is 0 Å². The maximum absolute atomic E-state index is 12.7. The molecule has 1 heterocycles. The minimum Gasteiger partial charge on any atom is -0.484 e. The van der Waals surface area contributed by atoms with Crippen LogP contribution in [0.15, 0.2) is 42.5 Å². The van der Waals surface area contributed by atoms with Crippen LogP contribution in [0.4, 0.5) is 5.00 Å². The molecule has 2 aromatic carbocycles. The number of esters is 1. The smallest absolute Gasteiger partial charge is 0.341 e. The molecule has 0 spiro atoms. The van der Waals surface area contributed by atoms with Crippen LogP contribution in [0.25, 0.3) is 10.8 Å². The summed E-state index contributed by atoms with van der Waals surface area (Å²) >= 11 is 1.48. The summed E-state index contributed by atoms with van der Waals surface area (Å²) in [5.41, 5.74) is 1.55. The van der Waals surface area contributed by atoms with Crippen molar-refractivity contribution in [2.75, 3.05) is 11.9 Å². The average Bonchev–Trinajstić information content (AvgIpc) is 3.09. The van der Waals surface area contributed by atoms with Gasteiger partial charge in [0.25, 0.3) is 5.91 Å². The number of hydrogen-bond donors (Lipinski definition) is 1. The van der Waals surface area contributed by atoms with Gasteiger partial charge in [0.2, 0.25) is 0 Å². The number of carbonyl (C=O) groups is 2. The van der Waals surface area contributed by atoms with E-state index >= 15 is 0 Å². The maximum atomic E-state index is 12.7. The molecule has 156 valence electrons. The molecule has 1 amide bonds. The van der Waals surface area contributed by atoms with E-state index in [0.717, 1.165) is 42.0 Å². The Morgan fingerprint density at radius 1 is 1.07 bits per heavy atom. The van der Waals surface area contributed by atoms with E-state index in [1.54, 1.807) is 0 Å². The minimum absolute atomic E-state index is 0.125. The van der Waals surface area contributed by atoms with Crippen molar-refractivity contribution < 1.29 is 19.1 Å². The van der Waals surface area contributed by atoms with Crippen LogP contribution >= 0.6 is 11.3 Å². The average molecular weight is 424 g/mol. The van der Waals surface area contributed by atoms with Crippen molar-refractivity contribution in [3.63, 3.8) is 0 Å². The van der Waals surface area contributed by atoms with Gasteiger partial charge in [-0.05, 0) is 68.0 Å². The summed E-state index contributed by atoms with van der Waals surface area (Å²) in [6.45, 7) is 3.53. The summed E-state index contributed by atoms with van der Waals surface area (Å²) in [5, 5.41) is 5.63. The fraction of sp³-hybridized carbons (Fsp3) is 0.333. The van der Waals surface area contributed by atoms with Crippen LogP contribution in [-0.2, 0) is 22.4 Å². The van der Waals surface area contributed by atoms with Gasteiger partial charge in [-0.1, -0.05) is 30.3 Å². The van der Waals surface area contributed by atoms with Gasteiger partial charge in [-0.25, -0.2) is 4.79 Å². The SMILES string of the molecule is CC(C)OC(=O)c1c(NC(=O)COc2ccc3ccccc3c2)sc2c1CCCC2. The fourth-order valence-electron chi connectivity index (χ4n) is 3.71. The van der Waals surface area contributed by atoms with E-state index in [0.29, 0.717) is 16.3 Å². The molecular weight excluding hydrogens is 398 g/mol. The second-order valence-corrected chi connectivity index (χ2v) is 8.82. The zero-order valence-corrected chi connectivity index (χ0v) is 18.0. The van der Waals surface area contributed by atoms with Crippen LogP contribution < -0.4 is 10.1 Å². The number of carbonyl (C=O) groups excluding carboxylic acids is 2. The lowest BCUT2D eigenvalue weighted by Crippen LogP contribution is -2.22. The molecule has 0 atom stereocenters. The number of hydrogen-bond acceptors (Lipinski definition) is 5. The lowest BCUT2D eigenvalue weighted by atomic mass is 9.95. The molecule has 5 nitrogen and oxygen atoms in total. The number of benzene rings is 2. The van der Waals surface area contributed by atoms with Crippen molar-refractivity contribution in [2.24, 2.45) is 0 Å². The summed E-state index contributed by atoms with van der Waals surface area (Å²) in [6.07, 6.45) is 3.72. The molecular formula is C24H25NO4S. The summed E-state index contributed by atoms with van der Waals surface area (Å²) in [6, 6.07) is 13.7. The lowest BCUT2D eigenvalue weighted by Gasteiger charge is -2.14. The molecule has 0 bridgehead atoms. The van der Waals surface area contributed by atoms with Crippen LogP contribution in [0.1, 0.15) is 47.5 Å². The Balaban J connectivity index is 1.48. The number of ether oxygens (including phenoxy) is 2. The zero-order chi connectivity index (χ0) is 21.1. The van der Waals surface area contributed by atoms with Crippen molar-refractivity contribution in [3.05, 3.63) is 58.5 Å². The van der Waals surface area contributed by atoms with Crippen LogP contribution in [0, 0.1) is 0 Å². The van der Waals surface area contributed by atoms with Gasteiger partial charge in [0.15, 0.2) is 6.61 Å². The highest BCUT2D eigenvalue weighted by Gasteiger charge is 2.27. The topological polar surface area (TPSA) is 64.6 Å². The first-order chi connectivity index (χ1) is 14.5. The van der Waals surface area contributed by atoms with Crippen LogP contribution in [0.2, 0.25) is 0 Å². The van der Waals surface area contributed by atoms with E-state index in [-0.39, 0.29) is 24.6 Å². The molecule has 3 aromatic rings. The second-order valence-electron chi connectivity index (χ2n) is 7.71. The number of nitrogens with one attached hydrogen (secondary N) is 1. The highest BCUT2D eigenvalue weighted by atomic mass is 32.1. The van der Waals surface area contributed by atoms with Gasteiger partial charge < -0.3 is 14.8 Å². The first kappa shape index (κ1) is 20.4. The first-order valence-corrected chi connectivity index (χ1v) is 11.1. The lowest BCUT2D eigenvalue weighted by molar-refractivity contribution is -0.118. The Morgan fingerprint density at radius 3 is 2.63 bits per heavy atom. The van der Waals surface area contributed by atoms with E-state index in [2.05, 4.69) is 5.32 Å². The van der Waals surface area contributed by atoms with Gasteiger partial charge >= 0.3 is 5.97 Å². The Bertz CT molecular complexity index is 1090. The number of amides is 1. The standard InChI is InChI=1S/C24H25NO4S/c1-15(2)29-24(27)22-19-9-5-6-10-20(19)30-23(22)25-21(26)14-28-18-12-11-16-7-3-4-8-17(16)13-18/h3-4,7-8,11-13,15H,5-6,9-10,14H2,1-2H3,(H,25,26). The van der Waals surface area contributed by atoms with E-state index in [1.807, 2.05) is 56.3 Å². The molecule has 0 fully saturated rings. The van der Waals surface area contributed by atoms with Crippen molar-refractivity contribution >= 4 is 39.0 Å². The monoisotopic (exact) mass is 423 g/mol. The third kappa shape index (κ3) is 4.49. The Labute approximate surface area is 180 Å².